The number of carboxylic acid groups (broad SMARTS) is 1. The second kappa shape index (κ2) is 4.86. The number of rotatable bonds is 3. The normalized spacial score (nSPS) is 11.0. The molecule has 1 aromatic rings. The fraction of sp³-hybridized carbons (Fsp3) is 0.500. The molecule has 0 bridgehead atoms. The Hall–Kier alpha value is -2.05. The monoisotopic (exact) mass is 241 g/mol. The number of carboxylic acids is 1. The van der Waals surface area contributed by atoms with Crippen molar-refractivity contribution in [3.05, 3.63) is 12.3 Å². The molecule has 0 saturated heterocycles. The second-order valence-corrected chi connectivity index (χ2v) is 4.39. The van der Waals surface area contributed by atoms with Gasteiger partial charge in [-0.15, -0.1) is 0 Å². The maximum absolute atomic E-state index is 11.4. The number of aliphatic carboxylic acids is 1. The van der Waals surface area contributed by atoms with Crippen molar-refractivity contribution < 1.29 is 19.4 Å². The van der Waals surface area contributed by atoms with Gasteiger partial charge in [-0.25, -0.2) is 9.48 Å². The van der Waals surface area contributed by atoms with Crippen LogP contribution in [0.5, 0.6) is 0 Å². The van der Waals surface area contributed by atoms with Gasteiger partial charge >= 0.3 is 12.1 Å². The van der Waals surface area contributed by atoms with Crippen LogP contribution >= 0.6 is 0 Å². The van der Waals surface area contributed by atoms with Gasteiger partial charge in [0.1, 0.15) is 18.0 Å². The van der Waals surface area contributed by atoms with Crippen molar-refractivity contribution in [2.45, 2.75) is 32.9 Å². The number of ether oxygens (including phenoxy) is 1. The van der Waals surface area contributed by atoms with Gasteiger partial charge in [-0.05, 0) is 20.8 Å². The molecule has 1 aromatic heterocycles. The van der Waals surface area contributed by atoms with E-state index in [9.17, 15) is 9.59 Å². The summed E-state index contributed by atoms with van der Waals surface area (Å²) in [6, 6.07) is 1.49. The molecule has 94 valence electrons. The van der Waals surface area contributed by atoms with Crippen molar-refractivity contribution in [3.8, 4) is 0 Å². The summed E-state index contributed by atoms with van der Waals surface area (Å²) >= 11 is 0. The van der Waals surface area contributed by atoms with E-state index in [0.717, 1.165) is 4.68 Å². The Morgan fingerprint density at radius 3 is 2.71 bits per heavy atom. The molecule has 0 atom stereocenters. The molecule has 7 nitrogen and oxygen atoms in total. The van der Waals surface area contributed by atoms with Gasteiger partial charge in [0.25, 0.3) is 0 Å². The van der Waals surface area contributed by atoms with Crippen LogP contribution in [-0.4, -0.2) is 32.6 Å². The first-order chi connectivity index (χ1) is 7.78. The summed E-state index contributed by atoms with van der Waals surface area (Å²) < 4.78 is 6.19. The highest BCUT2D eigenvalue weighted by molar-refractivity contribution is 5.84. The molecule has 0 aromatic carbocycles. The van der Waals surface area contributed by atoms with E-state index < -0.39 is 17.7 Å². The van der Waals surface area contributed by atoms with E-state index in [4.69, 9.17) is 9.84 Å². The number of nitrogens with one attached hydrogen (secondary N) is 1. The van der Waals surface area contributed by atoms with E-state index in [1.165, 1.54) is 12.3 Å². The molecule has 0 aliphatic carbocycles. The fourth-order valence-electron chi connectivity index (χ4n) is 1.10. The minimum atomic E-state index is -1.04. The van der Waals surface area contributed by atoms with Crippen molar-refractivity contribution in [1.82, 2.24) is 9.78 Å². The van der Waals surface area contributed by atoms with Gasteiger partial charge in [-0.1, -0.05) is 0 Å². The molecular weight excluding hydrogens is 226 g/mol. The molecule has 0 fully saturated rings. The fourth-order valence-corrected chi connectivity index (χ4v) is 1.10. The number of hydrogen-bond acceptors (Lipinski definition) is 4. The van der Waals surface area contributed by atoms with Crippen molar-refractivity contribution in [3.63, 3.8) is 0 Å². The number of carbonyl (C=O) groups is 2. The Morgan fingerprint density at radius 1 is 1.53 bits per heavy atom. The molecule has 0 spiro atoms. The van der Waals surface area contributed by atoms with Crippen LogP contribution < -0.4 is 5.32 Å². The maximum Gasteiger partial charge on any atom is 0.413 e. The van der Waals surface area contributed by atoms with Crippen LogP contribution in [-0.2, 0) is 16.1 Å². The van der Waals surface area contributed by atoms with Gasteiger partial charge in [0.05, 0.1) is 6.20 Å². The van der Waals surface area contributed by atoms with Crippen molar-refractivity contribution in [1.29, 1.82) is 0 Å². The van der Waals surface area contributed by atoms with E-state index in [1.54, 1.807) is 20.8 Å². The number of aromatic nitrogens is 2. The van der Waals surface area contributed by atoms with Gasteiger partial charge in [0.2, 0.25) is 0 Å². The lowest BCUT2D eigenvalue weighted by molar-refractivity contribution is -0.137. The summed E-state index contributed by atoms with van der Waals surface area (Å²) in [7, 11) is 0. The van der Waals surface area contributed by atoms with Crippen molar-refractivity contribution >= 4 is 17.9 Å². The van der Waals surface area contributed by atoms with Crippen LogP contribution in [0.25, 0.3) is 0 Å². The lowest BCUT2D eigenvalue weighted by atomic mass is 10.2. The molecule has 17 heavy (non-hydrogen) atoms. The van der Waals surface area contributed by atoms with Gasteiger partial charge in [0, 0.05) is 6.07 Å². The third kappa shape index (κ3) is 4.54. The van der Waals surface area contributed by atoms with Crippen LogP contribution in [0.4, 0.5) is 10.6 Å². The summed E-state index contributed by atoms with van der Waals surface area (Å²) in [4.78, 5) is 22.0. The summed E-state index contributed by atoms with van der Waals surface area (Å²) in [5.74, 6) is -0.761. The largest absolute Gasteiger partial charge is 0.480 e. The Kier molecular flexibility index (Phi) is 3.72. The average Bonchev–Trinajstić information content (AvgIpc) is 2.47. The van der Waals surface area contributed by atoms with Gasteiger partial charge in [0.15, 0.2) is 0 Å². The number of hydrogen-bond donors (Lipinski definition) is 2. The SMILES string of the molecule is CC(C)(C)OC(=O)Nc1ccnn1CC(=O)O. The number of anilines is 1. The Labute approximate surface area is 98.4 Å². The first-order valence-corrected chi connectivity index (χ1v) is 5.01. The van der Waals surface area contributed by atoms with Crippen LogP contribution in [0.1, 0.15) is 20.8 Å². The molecular formula is C10H15N3O4. The lowest BCUT2D eigenvalue weighted by Gasteiger charge is -2.19. The zero-order valence-corrected chi connectivity index (χ0v) is 9.93. The summed E-state index contributed by atoms with van der Waals surface area (Å²) in [6.45, 7) is 4.89. The van der Waals surface area contributed by atoms with Crippen molar-refractivity contribution in [2.24, 2.45) is 0 Å². The number of nitrogens with zero attached hydrogens (tertiary/aromatic N) is 2. The molecule has 0 aliphatic heterocycles. The van der Waals surface area contributed by atoms with E-state index >= 15 is 0 Å². The van der Waals surface area contributed by atoms with Crippen LogP contribution in [0.3, 0.4) is 0 Å². The molecule has 0 aliphatic rings. The summed E-state index contributed by atoms with van der Waals surface area (Å²) in [5, 5.41) is 14.8. The Morgan fingerprint density at radius 2 is 2.18 bits per heavy atom. The summed E-state index contributed by atoms with van der Waals surface area (Å²) in [6.07, 6.45) is 0.750. The summed E-state index contributed by atoms with van der Waals surface area (Å²) in [5.41, 5.74) is -0.609. The van der Waals surface area contributed by atoms with Crippen LogP contribution in [0.15, 0.2) is 12.3 Å². The maximum atomic E-state index is 11.4. The van der Waals surface area contributed by atoms with Gasteiger partial charge in [-0.3, -0.25) is 10.1 Å². The lowest BCUT2D eigenvalue weighted by Crippen LogP contribution is -2.28. The molecule has 1 rings (SSSR count). The quantitative estimate of drug-likeness (QED) is 0.832. The third-order valence-electron chi connectivity index (χ3n) is 1.63. The number of carbonyl (C=O) groups excluding carboxylic acids is 1. The van der Waals surface area contributed by atoms with E-state index in [2.05, 4.69) is 10.4 Å². The molecule has 0 radical (unpaired) electrons. The zero-order valence-electron chi connectivity index (χ0n) is 9.93. The van der Waals surface area contributed by atoms with Crippen LogP contribution in [0.2, 0.25) is 0 Å². The van der Waals surface area contributed by atoms with E-state index in [0.29, 0.717) is 0 Å². The first kappa shape index (κ1) is 13.0. The zero-order chi connectivity index (χ0) is 13.1. The highest BCUT2D eigenvalue weighted by atomic mass is 16.6. The molecule has 1 amide bonds. The average molecular weight is 241 g/mol. The highest BCUT2D eigenvalue weighted by Gasteiger charge is 2.17. The van der Waals surface area contributed by atoms with E-state index in [1.807, 2.05) is 0 Å². The minimum Gasteiger partial charge on any atom is -0.480 e. The van der Waals surface area contributed by atoms with E-state index in [-0.39, 0.29) is 12.4 Å². The molecule has 0 saturated carbocycles. The third-order valence-corrected chi connectivity index (χ3v) is 1.63. The van der Waals surface area contributed by atoms with Crippen LogP contribution in [0, 0.1) is 0 Å². The highest BCUT2D eigenvalue weighted by Crippen LogP contribution is 2.11. The second-order valence-electron chi connectivity index (χ2n) is 4.39. The van der Waals surface area contributed by atoms with Gasteiger partial charge < -0.3 is 9.84 Å². The van der Waals surface area contributed by atoms with Gasteiger partial charge in [-0.2, -0.15) is 5.10 Å². The van der Waals surface area contributed by atoms with Crippen molar-refractivity contribution in [2.75, 3.05) is 5.32 Å². The Bertz CT molecular complexity index is 419. The first-order valence-electron chi connectivity index (χ1n) is 5.01. The topological polar surface area (TPSA) is 93.5 Å². The Balaban J connectivity index is 2.65. The minimum absolute atomic E-state index is 0.279. The molecule has 0 unspecified atom stereocenters. The number of amides is 1. The smallest absolute Gasteiger partial charge is 0.413 e. The standard InChI is InChI=1S/C10H15N3O4/c1-10(2,3)17-9(16)12-7-4-5-11-13(7)6-8(14)15/h4-5H,6H2,1-3H3,(H,12,16)(H,14,15). The predicted octanol–water partition coefficient (Wildman–Crippen LogP) is 1.31. The predicted molar refractivity (Wildman–Crippen MR) is 59.7 cm³/mol. The molecule has 7 heteroatoms. The molecule has 2 N–H and O–H groups in total. The molecule has 1 heterocycles.